The minimum Gasteiger partial charge on any atom is -0.337 e. The maximum absolute atomic E-state index is 4.96. The molecule has 0 bridgehead atoms. The van der Waals surface area contributed by atoms with Crippen molar-refractivity contribution in [1.82, 2.24) is 24.9 Å². The molecule has 0 radical (unpaired) electrons. The molecule has 0 unspecified atom stereocenters. The summed E-state index contributed by atoms with van der Waals surface area (Å²) in [5, 5.41) is 3.03. The Balaban J connectivity index is 1.27. The quantitative estimate of drug-likeness (QED) is 0.288. The second-order valence-electron chi connectivity index (χ2n) is 8.08. The van der Waals surface area contributed by atoms with Crippen LogP contribution in [0.5, 0.6) is 0 Å². The predicted octanol–water partition coefficient (Wildman–Crippen LogP) is 7.11. The monoisotopic (exact) mass is 455 g/mol. The van der Waals surface area contributed by atoms with Gasteiger partial charge in [-0.15, -0.1) is 11.3 Å². The van der Waals surface area contributed by atoms with Gasteiger partial charge in [-0.2, -0.15) is 0 Å². The van der Waals surface area contributed by atoms with Crippen molar-refractivity contribution >= 4 is 66.5 Å². The lowest BCUT2D eigenvalue weighted by Crippen LogP contribution is -1.86. The number of para-hydroxylation sites is 1. The average Bonchev–Trinajstić information content (AvgIpc) is 3.53. The molecule has 7 rings (SSSR count). The van der Waals surface area contributed by atoms with Crippen molar-refractivity contribution in [3.63, 3.8) is 0 Å². The molecule has 34 heavy (non-hydrogen) atoms. The van der Waals surface area contributed by atoms with Crippen LogP contribution in [-0.2, 0) is 0 Å². The number of fused-ring (bicyclic) bond motifs is 7. The van der Waals surface area contributed by atoms with Crippen LogP contribution in [0.2, 0.25) is 0 Å². The highest BCUT2D eigenvalue weighted by atomic mass is 32.1. The predicted molar refractivity (Wildman–Crippen MR) is 141 cm³/mol. The number of aromatic nitrogens is 5. The summed E-state index contributed by atoms with van der Waals surface area (Å²) in [6.07, 6.45) is 7.77. The smallest absolute Gasteiger partial charge is 0.138 e. The Kier molecular flexibility index (Phi) is 4.25. The standard InChI is InChI=1S/C28H17N5S/c1-2-8-22-21(7-1)31-23(34-22)14-11-17-9-12-18(13-10-17)28-32-26-19-5-3-15-29-24(19)25-20(27(26)33-28)6-4-16-30-25/h1-16H,(H,32,33)/b14-11+. The van der Waals surface area contributed by atoms with Gasteiger partial charge < -0.3 is 4.98 Å². The maximum Gasteiger partial charge on any atom is 0.138 e. The molecule has 0 saturated heterocycles. The minimum absolute atomic E-state index is 0.832. The second kappa shape index (κ2) is 7.57. The Hall–Kier alpha value is -4.42. The van der Waals surface area contributed by atoms with E-state index >= 15 is 0 Å². The molecular weight excluding hydrogens is 438 g/mol. The molecule has 6 heteroatoms. The van der Waals surface area contributed by atoms with Crippen LogP contribution in [0.1, 0.15) is 10.6 Å². The number of pyridine rings is 2. The molecular formula is C28H17N5S. The van der Waals surface area contributed by atoms with Gasteiger partial charge in [0.25, 0.3) is 0 Å². The molecule has 0 spiro atoms. The fraction of sp³-hybridized carbons (Fsp3) is 0. The SMILES string of the molecule is C(=C\c1nc2ccccc2s1)/c1ccc(-c2nc3c4cccnc4c4ncccc4c3[nH]2)cc1. The van der Waals surface area contributed by atoms with Crippen LogP contribution < -0.4 is 0 Å². The Labute approximate surface area is 198 Å². The first-order valence-electron chi connectivity index (χ1n) is 11.0. The van der Waals surface area contributed by atoms with Crippen molar-refractivity contribution < 1.29 is 0 Å². The van der Waals surface area contributed by atoms with Gasteiger partial charge in [-0.3, -0.25) is 9.97 Å². The van der Waals surface area contributed by atoms with Gasteiger partial charge >= 0.3 is 0 Å². The first kappa shape index (κ1) is 19.1. The number of nitrogens with one attached hydrogen (secondary N) is 1. The Morgan fingerprint density at radius 3 is 2.26 bits per heavy atom. The fourth-order valence-corrected chi connectivity index (χ4v) is 5.23. The molecule has 1 N–H and O–H groups in total. The highest BCUT2D eigenvalue weighted by Gasteiger charge is 2.14. The highest BCUT2D eigenvalue weighted by Crippen LogP contribution is 2.33. The lowest BCUT2D eigenvalue weighted by atomic mass is 10.1. The van der Waals surface area contributed by atoms with E-state index in [0.717, 1.165) is 60.3 Å². The van der Waals surface area contributed by atoms with Gasteiger partial charge in [0.05, 0.1) is 32.3 Å². The van der Waals surface area contributed by atoms with Crippen molar-refractivity contribution in [2.24, 2.45) is 0 Å². The normalized spacial score (nSPS) is 12.0. The highest BCUT2D eigenvalue weighted by molar-refractivity contribution is 7.19. The van der Waals surface area contributed by atoms with Crippen molar-refractivity contribution in [2.45, 2.75) is 0 Å². The lowest BCUT2D eigenvalue weighted by Gasteiger charge is -2.03. The number of hydrogen-bond acceptors (Lipinski definition) is 5. The summed E-state index contributed by atoms with van der Waals surface area (Å²) >= 11 is 1.70. The Morgan fingerprint density at radius 1 is 0.676 bits per heavy atom. The van der Waals surface area contributed by atoms with Crippen molar-refractivity contribution in [2.75, 3.05) is 0 Å². The molecule has 0 amide bonds. The zero-order valence-corrected chi connectivity index (χ0v) is 18.8. The number of thiazole rings is 1. The molecule has 4 aromatic heterocycles. The van der Waals surface area contributed by atoms with Crippen molar-refractivity contribution in [3.05, 3.63) is 95.8 Å². The van der Waals surface area contributed by atoms with Gasteiger partial charge in [0.15, 0.2) is 0 Å². The molecule has 0 aliphatic heterocycles. The maximum atomic E-state index is 4.96. The summed E-state index contributed by atoms with van der Waals surface area (Å²) in [4.78, 5) is 22.3. The lowest BCUT2D eigenvalue weighted by molar-refractivity contribution is 1.34. The zero-order chi connectivity index (χ0) is 22.5. The van der Waals surface area contributed by atoms with Gasteiger partial charge in [-0.25, -0.2) is 9.97 Å². The Morgan fingerprint density at radius 2 is 1.44 bits per heavy atom. The van der Waals surface area contributed by atoms with E-state index in [1.54, 1.807) is 23.7 Å². The number of aromatic amines is 1. The number of rotatable bonds is 3. The molecule has 7 aromatic rings. The number of hydrogen-bond donors (Lipinski definition) is 1. The van der Waals surface area contributed by atoms with E-state index in [4.69, 9.17) is 4.98 Å². The van der Waals surface area contributed by atoms with Crippen LogP contribution in [0, 0.1) is 0 Å². The molecule has 3 aromatic carbocycles. The number of imidazole rings is 1. The molecule has 160 valence electrons. The van der Waals surface area contributed by atoms with E-state index in [1.807, 2.05) is 30.3 Å². The fourth-order valence-electron chi connectivity index (χ4n) is 4.36. The van der Waals surface area contributed by atoms with E-state index in [0.29, 0.717) is 0 Å². The summed E-state index contributed by atoms with van der Waals surface area (Å²) in [7, 11) is 0. The van der Waals surface area contributed by atoms with Gasteiger partial charge in [0.2, 0.25) is 0 Å². The summed E-state index contributed by atoms with van der Waals surface area (Å²) in [6, 6.07) is 24.6. The molecule has 0 atom stereocenters. The third-order valence-electron chi connectivity index (χ3n) is 5.98. The molecule has 0 saturated carbocycles. The number of benzene rings is 3. The van der Waals surface area contributed by atoms with E-state index in [-0.39, 0.29) is 0 Å². The summed E-state index contributed by atoms with van der Waals surface area (Å²) in [6.45, 7) is 0. The van der Waals surface area contributed by atoms with Crippen LogP contribution in [0.4, 0.5) is 0 Å². The zero-order valence-electron chi connectivity index (χ0n) is 17.9. The largest absolute Gasteiger partial charge is 0.337 e. The molecule has 0 aliphatic rings. The Bertz CT molecular complexity index is 1760. The number of nitrogens with zero attached hydrogens (tertiary/aromatic N) is 4. The van der Waals surface area contributed by atoms with E-state index in [9.17, 15) is 0 Å². The van der Waals surface area contributed by atoms with Crippen LogP contribution >= 0.6 is 11.3 Å². The van der Waals surface area contributed by atoms with Gasteiger partial charge in [-0.1, -0.05) is 42.5 Å². The first-order valence-corrected chi connectivity index (χ1v) is 11.8. The third-order valence-corrected chi connectivity index (χ3v) is 6.98. The van der Waals surface area contributed by atoms with Crippen LogP contribution in [0.3, 0.4) is 0 Å². The minimum atomic E-state index is 0.832. The molecule has 4 heterocycles. The molecule has 0 aliphatic carbocycles. The van der Waals surface area contributed by atoms with E-state index in [1.165, 1.54) is 4.70 Å². The van der Waals surface area contributed by atoms with Gasteiger partial charge in [0.1, 0.15) is 10.8 Å². The van der Waals surface area contributed by atoms with Crippen molar-refractivity contribution in [3.8, 4) is 11.4 Å². The van der Waals surface area contributed by atoms with Gasteiger partial charge in [-0.05, 0) is 48.0 Å². The molecule has 5 nitrogen and oxygen atoms in total. The van der Waals surface area contributed by atoms with Crippen molar-refractivity contribution in [1.29, 1.82) is 0 Å². The number of H-pyrrole nitrogens is 1. The van der Waals surface area contributed by atoms with Gasteiger partial charge in [0, 0.05) is 28.7 Å². The van der Waals surface area contributed by atoms with Crippen LogP contribution in [-0.4, -0.2) is 24.9 Å². The average molecular weight is 456 g/mol. The summed E-state index contributed by atoms with van der Waals surface area (Å²) in [5.74, 6) is 0.832. The third kappa shape index (κ3) is 3.08. The summed E-state index contributed by atoms with van der Waals surface area (Å²) in [5.41, 5.74) is 6.84. The summed E-state index contributed by atoms with van der Waals surface area (Å²) < 4.78 is 1.20. The molecule has 0 fully saturated rings. The van der Waals surface area contributed by atoms with E-state index in [2.05, 4.69) is 74.6 Å². The van der Waals surface area contributed by atoms with E-state index < -0.39 is 0 Å². The topological polar surface area (TPSA) is 67.3 Å². The second-order valence-corrected chi connectivity index (χ2v) is 9.15. The van der Waals surface area contributed by atoms with Crippen LogP contribution in [0.25, 0.3) is 66.6 Å². The van der Waals surface area contributed by atoms with Crippen LogP contribution in [0.15, 0.2) is 85.2 Å². The first-order chi connectivity index (χ1) is 16.8.